The molecule has 4 rings (SSSR count). The Morgan fingerprint density at radius 1 is 1.40 bits per heavy atom. The lowest BCUT2D eigenvalue weighted by molar-refractivity contribution is -0.128. The molecule has 0 aromatic carbocycles. The molecule has 2 aliphatic rings. The van der Waals surface area contributed by atoms with Crippen molar-refractivity contribution in [3.63, 3.8) is 0 Å². The first kappa shape index (κ1) is 16.1. The first-order valence-electron chi connectivity index (χ1n) is 8.73. The Labute approximate surface area is 147 Å². The summed E-state index contributed by atoms with van der Waals surface area (Å²) in [5, 5.41) is 0. The van der Waals surface area contributed by atoms with Crippen LogP contribution in [0.3, 0.4) is 0 Å². The van der Waals surface area contributed by atoms with Crippen LogP contribution < -0.4 is 4.74 Å². The van der Waals surface area contributed by atoms with E-state index >= 15 is 0 Å². The van der Waals surface area contributed by atoms with Crippen molar-refractivity contribution in [1.29, 1.82) is 0 Å². The van der Waals surface area contributed by atoms with Crippen LogP contribution in [0.1, 0.15) is 30.1 Å². The summed E-state index contributed by atoms with van der Waals surface area (Å²) in [5.41, 5.74) is 2.26. The van der Waals surface area contributed by atoms with Gasteiger partial charge < -0.3 is 14.2 Å². The predicted octanol–water partition coefficient (Wildman–Crippen LogP) is 1.47. The number of nitrogens with zero attached hydrogens (tertiary/aromatic N) is 5. The van der Waals surface area contributed by atoms with E-state index in [1.165, 1.54) is 5.69 Å². The average molecular weight is 341 g/mol. The smallest absolute Gasteiger partial charge is 0.222 e. The summed E-state index contributed by atoms with van der Waals surface area (Å²) in [6.07, 6.45) is 7.21. The lowest BCUT2D eigenvalue weighted by atomic mass is 10.1. The van der Waals surface area contributed by atoms with E-state index in [4.69, 9.17) is 4.74 Å². The van der Waals surface area contributed by atoms with Crippen LogP contribution in [-0.2, 0) is 17.9 Å². The van der Waals surface area contributed by atoms with Gasteiger partial charge in [-0.2, -0.15) is 0 Å². The van der Waals surface area contributed by atoms with Gasteiger partial charge in [0.2, 0.25) is 11.8 Å². The van der Waals surface area contributed by atoms with Gasteiger partial charge in [-0.3, -0.25) is 9.69 Å². The molecule has 132 valence electrons. The Kier molecular flexibility index (Phi) is 4.40. The van der Waals surface area contributed by atoms with Gasteiger partial charge >= 0.3 is 0 Å². The maximum absolute atomic E-state index is 12.0. The molecule has 1 fully saturated rings. The fourth-order valence-electron chi connectivity index (χ4n) is 3.85. The van der Waals surface area contributed by atoms with Gasteiger partial charge in [-0.05, 0) is 12.5 Å². The summed E-state index contributed by atoms with van der Waals surface area (Å²) < 4.78 is 7.61. The van der Waals surface area contributed by atoms with Gasteiger partial charge in [-0.25, -0.2) is 9.97 Å². The van der Waals surface area contributed by atoms with Crippen molar-refractivity contribution >= 4 is 5.91 Å². The van der Waals surface area contributed by atoms with Gasteiger partial charge in [0.15, 0.2) is 0 Å². The lowest BCUT2D eigenvalue weighted by Gasteiger charge is -2.36. The van der Waals surface area contributed by atoms with Crippen molar-refractivity contribution in [3.8, 4) is 5.88 Å². The zero-order valence-electron chi connectivity index (χ0n) is 14.5. The van der Waals surface area contributed by atoms with Gasteiger partial charge in [-0.15, -0.1) is 0 Å². The standard InChI is InChI=1S/C18H23N5O2/c1-25-18-14(4-2-6-20-18)9-21-10-15-8-19-13-23(15)16(11-21)12-22-7-3-5-17(22)24/h2,4,6,8,13,16H,3,5,7,9-12H2,1H3. The predicted molar refractivity (Wildman–Crippen MR) is 92.0 cm³/mol. The third-order valence-corrected chi connectivity index (χ3v) is 5.03. The molecule has 7 nitrogen and oxygen atoms in total. The number of amides is 1. The minimum Gasteiger partial charge on any atom is -0.481 e. The number of hydrogen-bond donors (Lipinski definition) is 0. The highest BCUT2D eigenvalue weighted by Gasteiger charge is 2.30. The van der Waals surface area contributed by atoms with Crippen LogP contribution in [0.4, 0.5) is 0 Å². The molecule has 2 aliphatic heterocycles. The summed E-state index contributed by atoms with van der Waals surface area (Å²) in [5.74, 6) is 0.945. The number of aromatic nitrogens is 3. The van der Waals surface area contributed by atoms with Gasteiger partial charge in [0, 0.05) is 57.1 Å². The topological polar surface area (TPSA) is 63.5 Å². The van der Waals surface area contributed by atoms with Gasteiger partial charge in [0.1, 0.15) is 0 Å². The van der Waals surface area contributed by atoms with Crippen LogP contribution >= 0.6 is 0 Å². The van der Waals surface area contributed by atoms with E-state index in [2.05, 4.69) is 25.5 Å². The van der Waals surface area contributed by atoms with E-state index < -0.39 is 0 Å². The molecule has 0 aliphatic carbocycles. The zero-order valence-corrected chi connectivity index (χ0v) is 14.5. The number of carbonyl (C=O) groups is 1. The van der Waals surface area contributed by atoms with Crippen LogP contribution in [0, 0.1) is 0 Å². The second kappa shape index (κ2) is 6.84. The molecule has 2 aromatic heterocycles. The molecule has 4 heterocycles. The molecule has 0 radical (unpaired) electrons. The summed E-state index contributed by atoms with van der Waals surface area (Å²) >= 11 is 0. The van der Waals surface area contributed by atoms with Crippen LogP contribution in [0.25, 0.3) is 0 Å². The summed E-state index contributed by atoms with van der Waals surface area (Å²) in [7, 11) is 1.65. The average Bonchev–Trinajstić information content (AvgIpc) is 3.25. The normalized spacial score (nSPS) is 20.8. The van der Waals surface area contributed by atoms with Crippen molar-refractivity contribution in [2.45, 2.75) is 32.0 Å². The third kappa shape index (κ3) is 3.24. The third-order valence-electron chi connectivity index (χ3n) is 5.03. The SMILES string of the molecule is COc1ncccc1CN1Cc2cncn2C(CN2CCCC2=O)C1. The Balaban J connectivity index is 1.52. The molecule has 2 aromatic rings. The van der Waals surface area contributed by atoms with E-state index in [1.54, 1.807) is 13.3 Å². The molecular weight excluding hydrogens is 318 g/mol. The number of carbonyl (C=O) groups excluding carboxylic acids is 1. The maximum atomic E-state index is 12.0. The van der Waals surface area contributed by atoms with Crippen molar-refractivity contribution in [1.82, 2.24) is 24.3 Å². The highest BCUT2D eigenvalue weighted by Crippen LogP contribution is 2.26. The monoisotopic (exact) mass is 341 g/mol. The number of likely N-dealkylation sites (tertiary alicyclic amines) is 1. The molecule has 25 heavy (non-hydrogen) atoms. The first-order valence-corrected chi connectivity index (χ1v) is 8.73. The Bertz CT molecular complexity index is 759. The zero-order chi connectivity index (χ0) is 17.2. The fourth-order valence-corrected chi connectivity index (χ4v) is 3.85. The molecule has 1 amide bonds. The maximum Gasteiger partial charge on any atom is 0.222 e. The number of hydrogen-bond acceptors (Lipinski definition) is 5. The van der Waals surface area contributed by atoms with Crippen LogP contribution in [-0.4, -0.2) is 57.0 Å². The number of rotatable bonds is 5. The molecule has 0 spiro atoms. The van der Waals surface area contributed by atoms with Crippen molar-refractivity contribution in [2.75, 3.05) is 26.7 Å². The van der Waals surface area contributed by atoms with Crippen LogP contribution in [0.15, 0.2) is 30.9 Å². The molecule has 1 saturated heterocycles. The molecule has 1 unspecified atom stereocenters. The fraction of sp³-hybridized carbons (Fsp3) is 0.500. The molecular formula is C18H23N5O2. The van der Waals surface area contributed by atoms with E-state index in [0.29, 0.717) is 12.3 Å². The van der Waals surface area contributed by atoms with Gasteiger partial charge in [-0.1, -0.05) is 6.07 Å². The summed E-state index contributed by atoms with van der Waals surface area (Å²) in [6, 6.07) is 4.22. The van der Waals surface area contributed by atoms with E-state index in [-0.39, 0.29) is 11.9 Å². The second-order valence-corrected chi connectivity index (χ2v) is 6.73. The van der Waals surface area contributed by atoms with Crippen LogP contribution in [0.2, 0.25) is 0 Å². The Morgan fingerprint density at radius 3 is 3.12 bits per heavy atom. The van der Waals surface area contributed by atoms with Gasteiger partial charge in [0.05, 0.1) is 25.2 Å². The molecule has 7 heteroatoms. The quantitative estimate of drug-likeness (QED) is 0.824. The van der Waals surface area contributed by atoms with E-state index in [1.807, 2.05) is 23.5 Å². The Morgan fingerprint density at radius 2 is 2.32 bits per heavy atom. The molecule has 0 saturated carbocycles. The number of methoxy groups -OCH3 is 1. The van der Waals surface area contributed by atoms with Crippen molar-refractivity contribution in [2.24, 2.45) is 0 Å². The number of imidazole rings is 1. The largest absolute Gasteiger partial charge is 0.481 e. The first-order chi connectivity index (χ1) is 12.2. The lowest BCUT2D eigenvalue weighted by Crippen LogP contribution is -2.42. The minimum absolute atomic E-state index is 0.232. The van der Waals surface area contributed by atoms with E-state index in [0.717, 1.165) is 44.7 Å². The molecule has 0 N–H and O–H groups in total. The van der Waals surface area contributed by atoms with Crippen molar-refractivity contribution in [3.05, 3.63) is 42.1 Å². The van der Waals surface area contributed by atoms with E-state index in [9.17, 15) is 4.79 Å². The number of pyridine rings is 1. The Hall–Kier alpha value is -2.41. The number of fused-ring (bicyclic) bond motifs is 1. The van der Waals surface area contributed by atoms with Gasteiger partial charge in [0.25, 0.3) is 0 Å². The van der Waals surface area contributed by atoms with Crippen LogP contribution in [0.5, 0.6) is 5.88 Å². The molecule has 1 atom stereocenters. The number of ether oxygens (including phenoxy) is 1. The summed E-state index contributed by atoms with van der Waals surface area (Å²) in [4.78, 5) is 25.0. The molecule has 0 bridgehead atoms. The van der Waals surface area contributed by atoms with Crippen molar-refractivity contribution < 1.29 is 9.53 Å². The minimum atomic E-state index is 0.232. The summed E-state index contributed by atoms with van der Waals surface area (Å²) in [6.45, 7) is 4.11. The second-order valence-electron chi connectivity index (χ2n) is 6.73. The highest BCUT2D eigenvalue weighted by molar-refractivity contribution is 5.78. The highest BCUT2D eigenvalue weighted by atomic mass is 16.5.